The van der Waals surface area contributed by atoms with Crippen molar-refractivity contribution >= 4 is 32.4 Å². The van der Waals surface area contributed by atoms with Crippen molar-refractivity contribution in [2.75, 3.05) is 5.32 Å². The van der Waals surface area contributed by atoms with Gasteiger partial charge in [0.15, 0.2) is 0 Å². The highest BCUT2D eigenvalue weighted by atomic mass is 79.9. The van der Waals surface area contributed by atoms with Crippen molar-refractivity contribution in [3.8, 4) is 0 Å². The van der Waals surface area contributed by atoms with Crippen LogP contribution in [-0.4, -0.2) is 4.98 Å². The van der Waals surface area contributed by atoms with Crippen LogP contribution in [0.15, 0.2) is 65.4 Å². The molecule has 0 fully saturated rings. The third-order valence-electron chi connectivity index (χ3n) is 3.01. The highest BCUT2D eigenvalue weighted by molar-refractivity contribution is 9.10. The first-order valence-corrected chi connectivity index (χ1v) is 6.93. The number of fused-ring (bicyclic) bond motifs is 1. The smallest absolute Gasteiger partial charge is 0.0416 e. The zero-order valence-corrected chi connectivity index (χ0v) is 11.9. The molecule has 1 heterocycles. The number of benzene rings is 2. The van der Waals surface area contributed by atoms with E-state index in [1.165, 1.54) is 10.8 Å². The lowest BCUT2D eigenvalue weighted by molar-refractivity contribution is 1.11. The van der Waals surface area contributed by atoms with Gasteiger partial charge in [-0.25, -0.2) is 0 Å². The van der Waals surface area contributed by atoms with Crippen LogP contribution in [-0.2, 0) is 6.54 Å². The van der Waals surface area contributed by atoms with Crippen LogP contribution in [0.4, 0.5) is 5.69 Å². The molecule has 0 unspecified atom stereocenters. The van der Waals surface area contributed by atoms with Crippen LogP contribution >= 0.6 is 15.9 Å². The Morgan fingerprint density at radius 2 is 1.79 bits per heavy atom. The molecule has 2 nitrogen and oxygen atoms in total. The summed E-state index contributed by atoms with van der Waals surface area (Å²) in [4.78, 5) is 4.16. The normalized spacial score (nSPS) is 10.6. The fourth-order valence-electron chi connectivity index (χ4n) is 2.06. The summed E-state index contributed by atoms with van der Waals surface area (Å²) in [6.45, 7) is 0.769. The second-order valence-electron chi connectivity index (χ2n) is 4.43. The van der Waals surface area contributed by atoms with Gasteiger partial charge >= 0.3 is 0 Å². The predicted octanol–water partition coefficient (Wildman–Crippen LogP) is 4.61. The van der Waals surface area contributed by atoms with Gasteiger partial charge in [-0.2, -0.15) is 0 Å². The third kappa shape index (κ3) is 2.93. The second kappa shape index (κ2) is 5.41. The largest absolute Gasteiger partial charge is 0.381 e. The summed E-state index contributed by atoms with van der Waals surface area (Å²) in [5.74, 6) is 0. The van der Waals surface area contributed by atoms with Crippen LogP contribution in [0.3, 0.4) is 0 Å². The molecule has 0 saturated carbocycles. The number of halogens is 1. The number of aromatic nitrogens is 1. The highest BCUT2D eigenvalue weighted by Crippen LogP contribution is 2.19. The maximum Gasteiger partial charge on any atom is 0.0416 e. The number of pyridine rings is 1. The summed E-state index contributed by atoms with van der Waals surface area (Å²) in [5, 5.41) is 5.93. The van der Waals surface area contributed by atoms with E-state index in [1.54, 1.807) is 6.20 Å². The Labute approximate surface area is 120 Å². The van der Waals surface area contributed by atoms with Crippen LogP contribution in [0, 0.1) is 0 Å². The van der Waals surface area contributed by atoms with Crippen LogP contribution in [0.25, 0.3) is 10.8 Å². The molecular formula is C16H13BrN2. The molecule has 1 N–H and O–H groups in total. The van der Waals surface area contributed by atoms with Crippen LogP contribution in [0.2, 0.25) is 0 Å². The molecule has 0 amide bonds. The average Bonchev–Trinajstić information content (AvgIpc) is 2.45. The first-order valence-electron chi connectivity index (χ1n) is 6.13. The molecule has 3 heteroatoms. The van der Waals surface area contributed by atoms with E-state index in [0.717, 1.165) is 22.3 Å². The van der Waals surface area contributed by atoms with Crippen LogP contribution in [0.5, 0.6) is 0 Å². The van der Waals surface area contributed by atoms with Gasteiger partial charge in [-0.05, 0) is 50.5 Å². The first-order chi connectivity index (χ1) is 9.31. The summed E-state index contributed by atoms with van der Waals surface area (Å²) in [6.07, 6.45) is 3.67. The lowest BCUT2D eigenvalue weighted by atomic mass is 10.1. The van der Waals surface area contributed by atoms with Gasteiger partial charge in [0, 0.05) is 29.1 Å². The number of hydrogen-bond acceptors (Lipinski definition) is 2. The molecule has 1 aromatic heterocycles. The topological polar surface area (TPSA) is 24.9 Å². The Morgan fingerprint density at radius 3 is 2.63 bits per heavy atom. The Kier molecular flexibility index (Phi) is 3.47. The number of nitrogens with zero attached hydrogens (tertiary/aromatic N) is 1. The summed E-state index contributed by atoms with van der Waals surface area (Å²) < 4.78 is 1.00. The Morgan fingerprint density at radius 1 is 0.947 bits per heavy atom. The number of nitrogens with one attached hydrogen (secondary N) is 1. The van der Waals surface area contributed by atoms with Crippen molar-refractivity contribution in [2.24, 2.45) is 0 Å². The maximum absolute atomic E-state index is 4.16. The SMILES string of the molecule is Brc1cncc(CNc2ccc3ccccc3c2)c1. The van der Waals surface area contributed by atoms with Gasteiger partial charge in [-0.15, -0.1) is 0 Å². The molecule has 0 aliphatic rings. The standard InChI is InChI=1S/C16H13BrN2/c17-15-7-12(9-18-11-15)10-19-16-6-5-13-3-1-2-4-14(13)8-16/h1-9,11,19H,10H2. The maximum atomic E-state index is 4.16. The Balaban J connectivity index is 1.78. The Bertz CT molecular complexity index is 710. The average molecular weight is 313 g/mol. The van der Waals surface area contributed by atoms with Gasteiger partial charge in [-0.3, -0.25) is 4.98 Å². The monoisotopic (exact) mass is 312 g/mol. The predicted molar refractivity (Wildman–Crippen MR) is 83.2 cm³/mol. The van der Waals surface area contributed by atoms with E-state index >= 15 is 0 Å². The van der Waals surface area contributed by atoms with Crippen LogP contribution in [0.1, 0.15) is 5.56 Å². The lowest BCUT2D eigenvalue weighted by Gasteiger charge is -2.08. The van der Waals surface area contributed by atoms with Gasteiger partial charge in [0.05, 0.1) is 0 Å². The van der Waals surface area contributed by atoms with Gasteiger partial charge in [0.25, 0.3) is 0 Å². The van der Waals surface area contributed by atoms with Gasteiger partial charge in [0.1, 0.15) is 0 Å². The van der Waals surface area contributed by atoms with E-state index in [9.17, 15) is 0 Å². The van der Waals surface area contributed by atoms with Crippen molar-refractivity contribution in [3.05, 3.63) is 71.0 Å². The highest BCUT2D eigenvalue weighted by Gasteiger charge is 1.98. The molecule has 94 valence electrons. The zero-order valence-electron chi connectivity index (χ0n) is 10.3. The van der Waals surface area contributed by atoms with Crippen molar-refractivity contribution in [1.82, 2.24) is 4.98 Å². The summed E-state index contributed by atoms with van der Waals surface area (Å²) in [7, 11) is 0. The van der Waals surface area contributed by atoms with Gasteiger partial charge < -0.3 is 5.32 Å². The molecular weight excluding hydrogens is 300 g/mol. The van der Waals surface area contributed by atoms with E-state index in [0.29, 0.717) is 0 Å². The number of rotatable bonds is 3. The zero-order chi connectivity index (χ0) is 13.1. The Hall–Kier alpha value is -1.87. The van der Waals surface area contributed by atoms with E-state index in [2.05, 4.69) is 74.8 Å². The second-order valence-corrected chi connectivity index (χ2v) is 5.34. The summed E-state index contributed by atoms with van der Waals surface area (Å²) in [5.41, 5.74) is 2.28. The molecule has 3 aromatic rings. The van der Waals surface area contributed by atoms with Gasteiger partial charge in [-0.1, -0.05) is 30.3 Å². The number of anilines is 1. The first kappa shape index (κ1) is 12.2. The third-order valence-corrected chi connectivity index (χ3v) is 3.44. The van der Waals surface area contributed by atoms with Crippen LogP contribution < -0.4 is 5.32 Å². The molecule has 19 heavy (non-hydrogen) atoms. The van der Waals surface area contributed by atoms with E-state index < -0.39 is 0 Å². The minimum atomic E-state index is 0.769. The molecule has 0 saturated heterocycles. The van der Waals surface area contributed by atoms with E-state index in [1.807, 2.05) is 6.20 Å². The summed E-state index contributed by atoms with van der Waals surface area (Å²) in [6, 6.07) is 16.8. The molecule has 0 radical (unpaired) electrons. The molecule has 0 aliphatic carbocycles. The fraction of sp³-hybridized carbons (Fsp3) is 0.0625. The summed E-state index contributed by atoms with van der Waals surface area (Å²) >= 11 is 3.43. The molecule has 0 bridgehead atoms. The fourth-order valence-corrected chi connectivity index (χ4v) is 2.47. The van der Waals surface area contributed by atoms with E-state index in [-0.39, 0.29) is 0 Å². The van der Waals surface area contributed by atoms with Gasteiger partial charge in [0.2, 0.25) is 0 Å². The number of hydrogen-bond donors (Lipinski definition) is 1. The lowest BCUT2D eigenvalue weighted by Crippen LogP contribution is -1.99. The molecule has 0 aliphatic heterocycles. The molecule has 0 atom stereocenters. The molecule has 0 spiro atoms. The van der Waals surface area contributed by atoms with Crippen molar-refractivity contribution in [3.63, 3.8) is 0 Å². The van der Waals surface area contributed by atoms with Crippen molar-refractivity contribution < 1.29 is 0 Å². The molecule has 3 rings (SSSR count). The molecule has 2 aromatic carbocycles. The minimum absolute atomic E-state index is 0.769. The van der Waals surface area contributed by atoms with E-state index in [4.69, 9.17) is 0 Å². The quantitative estimate of drug-likeness (QED) is 0.764. The minimum Gasteiger partial charge on any atom is -0.381 e. The van der Waals surface area contributed by atoms with Crippen molar-refractivity contribution in [1.29, 1.82) is 0 Å². The van der Waals surface area contributed by atoms with Crippen molar-refractivity contribution in [2.45, 2.75) is 6.54 Å².